The molecular formula is C26H31NO5. The molecular weight excluding hydrogens is 406 g/mol. The summed E-state index contributed by atoms with van der Waals surface area (Å²) in [6.07, 6.45) is 7.35. The Kier molecular flexibility index (Phi) is 5.39. The number of nitrogens with zero attached hydrogens (tertiary/aromatic N) is 1. The highest BCUT2D eigenvalue weighted by Crippen LogP contribution is 2.52. The van der Waals surface area contributed by atoms with Crippen LogP contribution in [0.3, 0.4) is 0 Å². The molecule has 2 atom stereocenters. The summed E-state index contributed by atoms with van der Waals surface area (Å²) in [6, 6.07) is 4.12. The van der Waals surface area contributed by atoms with Gasteiger partial charge >= 0.3 is 0 Å². The number of hydrogen-bond donors (Lipinski definition) is 0. The zero-order valence-electron chi connectivity index (χ0n) is 19.5. The topological polar surface area (TPSA) is 59.0 Å². The molecule has 0 spiro atoms. The predicted molar refractivity (Wildman–Crippen MR) is 125 cm³/mol. The molecule has 0 amide bonds. The van der Waals surface area contributed by atoms with Crippen molar-refractivity contribution in [3.05, 3.63) is 23.3 Å². The van der Waals surface area contributed by atoms with E-state index in [0.717, 1.165) is 40.4 Å². The van der Waals surface area contributed by atoms with E-state index in [-0.39, 0.29) is 0 Å². The summed E-state index contributed by atoms with van der Waals surface area (Å²) in [7, 11) is 8.26. The normalized spacial score (nSPS) is 19.9. The summed E-state index contributed by atoms with van der Waals surface area (Å²) in [6.45, 7) is 0. The van der Waals surface area contributed by atoms with Crippen LogP contribution >= 0.6 is 0 Å². The van der Waals surface area contributed by atoms with Crippen molar-refractivity contribution in [3.63, 3.8) is 0 Å². The molecule has 0 N–H and O–H groups in total. The highest BCUT2D eigenvalue weighted by molar-refractivity contribution is 6.14. The molecule has 2 unspecified atom stereocenters. The van der Waals surface area contributed by atoms with Gasteiger partial charge in [0.05, 0.1) is 41.1 Å². The molecule has 0 radical (unpaired) electrons. The van der Waals surface area contributed by atoms with Gasteiger partial charge in [0, 0.05) is 10.8 Å². The number of pyridine rings is 1. The van der Waals surface area contributed by atoms with E-state index in [0.29, 0.717) is 34.8 Å². The van der Waals surface area contributed by atoms with Gasteiger partial charge in [0.25, 0.3) is 5.88 Å². The predicted octanol–water partition coefficient (Wildman–Crippen LogP) is 5.34. The lowest BCUT2D eigenvalue weighted by Gasteiger charge is -2.38. The Hall–Kier alpha value is -2.89. The standard InChI is InChI=1S/C26H31NO5/c1-28-20-12-17-16-10-14-8-6-7-9-15(14)11-18(16)23-19(13-21(29-2)26(27-23)32-5)22(17)25(31-4)24(20)30-3/h12-15H,6-11H2,1-5H3. The fourth-order valence-electron chi connectivity index (χ4n) is 5.96. The third-order valence-corrected chi connectivity index (χ3v) is 7.44. The molecule has 1 saturated carbocycles. The van der Waals surface area contributed by atoms with Crippen LogP contribution in [0.5, 0.6) is 28.9 Å². The van der Waals surface area contributed by atoms with Crippen molar-refractivity contribution < 1.29 is 23.7 Å². The second kappa shape index (κ2) is 8.23. The van der Waals surface area contributed by atoms with Crippen molar-refractivity contribution in [3.8, 4) is 28.9 Å². The van der Waals surface area contributed by atoms with Crippen LogP contribution in [0.25, 0.3) is 21.7 Å². The highest BCUT2D eigenvalue weighted by atomic mass is 16.5. The van der Waals surface area contributed by atoms with Gasteiger partial charge in [0.2, 0.25) is 5.75 Å². The molecule has 0 saturated heterocycles. The van der Waals surface area contributed by atoms with Crippen molar-refractivity contribution >= 4 is 21.7 Å². The molecule has 6 nitrogen and oxygen atoms in total. The molecule has 3 aromatic rings. The maximum atomic E-state index is 5.92. The van der Waals surface area contributed by atoms with E-state index in [2.05, 4.69) is 6.07 Å². The molecule has 32 heavy (non-hydrogen) atoms. The van der Waals surface area contributed by atoms with Crippen LogP contribution < -0.4 is 23.7 Å². The number of methoxy groups -OCH3 is 5. The number of fused-ring (bicyclic) bond motifs is 7. The average molecular weight is 438 g/mol. The van der Waals surface area contributed by atoms with Gasteiger partial charge in [-0.15, -0.1) is 0 Å². The third-order valence-electron chi connectivity index (χ3n) is 7.44. The number of ether oxygens (including phenoxy) is 5. The molecule has 1 fully saturated rings. The van der Waals surface area contributed by atoms with Crippen LogP contribution in [0.4, 0.5) is 0 Å². The number of hydrogen-bond acceptors (Lipinski definition) is 6. The van der Waals surface area contributed by atoms with E-state index in [1.165, 1.54) is 36.8 Å². The van der Waals surface area contributed by atoms with Crippen LogP contribution in [-0.2, 0) is 12.8 Å². The summed E-state index contributed by atoms with van der Waals surface area (Å²) >= 11 is 0. The minimum Gasteiger partial charge on any atom is -0.493 e. The van der Waals surface area contributed by atoms with Gasteiger partial charge in [-0.25, -0.2) is 4.98 Å². The fourth-order valence-corrected chi connectivity index (χ4v) is 5.96. The molecule has 2 aliphatic rings. The second-order valence-electron chi connectivity index (χ2n) is 8.83. The Morgan fingerprint density at radius 1 is 0.688 bits per heavy atom. The van der Waals surface area contributed by atoms with Gasteiger partial charge in [0.15, 0.2) is 17.2 Å². The monoisotopic (exact) mass is 437 g/mol. The molecule has 5 rings (SSSR count). The maximum absolute atomic E-state index is 5.92. The van der Waals surface area contributed by atoms with Crippen molar-refractivity contribution in [2.24, 2.45) is 11.8 Å². The SMILES string of the molecule is COc1cc2c(nc1OC)c1c(c3cc(OC)c(OC)c(OC)c32)CC2CCCCC2C1. The summed E-state index contributed by atoms with van der Waals surface area (Å²) < 4.78 is 28.5. The first kappa shape index (κ1) is 21.0. The van der Waals surface area contributed by atoms with Gasteiger partial charge in [-0.1, -0.05) is 12.8 Å². The lowest BCUT2D eigenvalue weighted by Crippen LogP contribution is -2.28. The van der Waals surface area contributed by atoms with Crippen LogP contribution in [0, 0.1) is 11.8 Å². The largest absolute Gasteiger partial charge is 0.493 e. The molecule has 6 heteroatoms. The van der Waals surface area contributed by atoms with Crippen molar-refractivity contribution in [1.82, 2.24) is 4.98 Å². The maximum Gasteiger partial charge on any atom is 0.257 e. The molecule has 2 aliphatic carbocycles. The van der Waals surface area contributed by atoms with Crippen LogP contribution in [0.15, 0.2) is 12.1 Å². The highest BCUT2D eigenvalue weighted by Gasteiger charge is 2.35. The Bertz CT molecular complexity index is 1190. The van der Waals surface area contributed by atoms with E-state index in [4.69, 9.17) is 28.7 Å². The van der Waals surface area contributed by atoms with E-state index in [1.54, 1.807) is 35.5 Å². The first-order valence-corrected chi connectivity index (χ1v) is 11.3. The van der Waals surface area contributed by atoms with E-state index >= 15 is 0 Å². The smallest absolute Gasteiger partial charge is 0.257 e. The van der Waals surface area contributed by atoms with Gasteiger partial charge in [-0.3, -0.25) is 0 Å². The Labute approximate surface area is 188 Å². The van der Waals surface area contributed by atoms with Crippen LogP contribution in [0.2, 0.25) is 0 Å². The number of rotatable bonds is 5. The molecule has 1 aromatic heterocycles. The quantitative estimate of drug-likeness (QED) is 0.503. The van der Waals surface area contributed by atoms with E-state index in [1.807, 2.05) is 6.07 Å². The molecule has 2 aromatic carbocycles. The lowest BCUT2D eigenvalue weighted by molar-refractivity contribution is 0.222. The Balaban J connectivity index is 1.94. The summed E-state index contributed by atoms with van der Waals surface area (Å²) in [4.78, 5) is 4.96. The zero-order chi connectivity index (χ0) is 22.4. The molecule has 0 bridgehead atoms. The molecule has 0 aliphatic heterocycles. The first-order chi connectivity index (χ1) is 15.6. The van der Waals surface area contributed by atoms with Crippen LogP contribution in [0.1, 0.15) is 36.8 Å². The van der Waals surface area contributed by atoms with E-state index < -0.39 is 0 Å². The number of aromatic nitrogens is 1. The Morgan fingerprint density at radius 2 is 1.31 bits per heavy atom. The minimum absolute atomic E-state index is 0.506. The van der Waals surface area contributed by atoms with Gasteiger partial charge in [-0.05, 0) is 66.2 Å². The fraction of sp³-hybridized carbons (Fsp3) is 0.500. The van der Waals surface area contributed by atoms with Gasteiger partial charge in [-0.2, -0.15) is 0 Å². The minimum atomic E-state index is 0.506. The Morgan fingerprint density at radius 3 is 1.91 bits per heavy atom. The third kappa shape index (κ3) is 3.03. The van der Waals surface area contributed by atoms with Gasteiger partial charge in [0.1, 0.15) is 0 Å². The summed E-state index contributed by atoms with van der Waals surface area (Å²) in [5.41, 5.74) is 3.65. The average Bonchev–Trinajstić information content (AvgIpc) is 2.85. The molecule has 1 heterocycles. The van der Waals surface area contributed by atoms with Gasteiger partial charge < -0.3 is 23.7 Å². The number of benzene rings is 2. The van der Waals surface area contributed by atoms with Crippen molar-refractivity contribution in [1.29, 1.82) is 0 Å². The van der Waals surface area contributed by atoms with Crippen molar-refractivity contribution in [2.45, 2.75) is 38.5 Å². The zero-order valence-corrected chi connectivity index (χ0v) is 19.5. The molecule has 170 valence electrons. The van der Waals surface area contributed by atoms with Crippen molar-refractivity contribution in [2.75, 3.05) is 35.5 Å². The van der Waals surface area contributed by atoms with Crippen LogP contribution in [-0.4, -0.2) is 40.5 Å². The second-order valence-corrected chi connectivity index (χ2v) is 8.83. The summed E-state index contributed by atoms with van der Waals surface area (Å²) in [5, 5.41) is 3.13. The summed E-state index contributed by atoms with van der Waals surface area (Å²) in [5.74, 6) is 4.47. The first-order valence-electron chi connectivity index (χ1n) is 11.3. The van der Waals surface area contributed by atoms with E-state index in [9.17, 15) is 0 Å². The lowest BCUT2D eigenvalue weighted by atomic mass is 9.67.